The molecule has 0 aliphatic heterocycles. The first kappa shape index (κ1) is 12.4. The molecule has 0 radical (unpaired) electrons. The predicted octanol–water partition coefficient (Wildman–Crippen LogP) is 3.23. The van der Waals surface area contributed by atoms with Crippen LogP contribution in [0.5, 0.6) is 0 Å². The zero-order valence-corrected chi connectivity index (χ0v) is 11.3. The maximum absolute atomic E-state index is 5.58. The zero-order valence-electron chi connectivity index (χ0n) is 8.99. The van der Waals surface area contributed by atoms with Crippen molar-refractivity contribution in [3.05, 3.63) is 40.2 Å². The minimum atomic E-state index is 0.424. The van der Waals surface area contributed by atoms with Crippen LogP contribution in [-0.2, 0) is 13.0 Å². The molecule has 2 aromatic rings. The lowest BCUT2D eigenvalue weighted by Crippen LogP contribution is -1.99. The molecule has 0 fully saturated rings. The van der Waals surface area contributed by atoms with E-state index in [0.717, 1.165) is 10.0 Å². The first-order valence-electron chi connectivity index (χ1n) is 5.14. The summed E-state index contributed by atoms with van der Waals surface area (Å²) in [5.74, 6) is 1.03. The molecular formula is C11H11BrClN3O. The van der Waals surface area contributed by atoms with Crippen LogP contribution in [0.15, 0.2) is 33.2 Å². The zero-order chi connectivity index (χ0) is 12.1. The molecule has 1 heterocycles. The molecule has 17 heavy (non-hydrogen) atoms. The smallest absolute Gasteiger partial charge is 0.315 e. The van der Waals surface area contributed by atoms with Gasteiger partial charge in [0.25, 0.3) is 0 Å². The molecule has 1 N–H and O–H groups in total. The van der Waals surface area contributed by atoms with Gasteiger partial charge >= 0.3 is 6.01 Å². The molecule has 0 saturated heterocycles. The second-order valence-electron chi connectivity index (χ2n) is 3.42. The fraction of sp³-hybridized carbons (Fsp3) is 0.273. The first-order chi connectivity index (χ1) is 8.28. The first-order valence-corrected chi connectivity index (χ1v) is 6.47. The molecule has 0 saturated carbocycles. The second kappa shape index (κ2) is 6.02. The summed E-state index contributed by atoms with van der Waals surface area (Å²) in [6.07, 6.45) is 0.592. The monoisotopic (exact) mass is 315 g/mol. The number of nitrogens with zero attached hydrogens (tertiary/aromatic N) is 2. The van der Waals surface area contributed by atoms with Crippen LogP contribution in [-0.4, -0.2) is 16.1 Å². The number of halogens is 2. The summed E-state index contributed by atoms with van der Waals surface area (Å²) in [5, 5.41) is 10.8. The molecular weight excluding hydrogens is 305 g/mol. The van der Waals surface area contributed by atoms with Gasteiger partial charge in [0.05, 0.1) is 0 Å². The largest absolute Gasteiger partial charge is 0.408 e. The molecule has 0 aliphatic rings. The number of hydrogen-bond donors (Lipinski definition) is 1. The Labute approximate surface area is 113 Å². The molecule has 2 rings (SSSR count). The third kappa shape index (κ3) is 3.71. The van der Waals surface area contributed by atoms with Gasteiger partial charge < -0.3 is 9.73 Å². The number of aryl methyl sites for hydroxylation is 1. The number of anilines is 1. The van der Waals surface area contributed by atoms with Crippen molar-refractivity contribution in [1.29, 1.82) is 0 Å². The van der Waals surface area contributed by atoms with Crippen molar-refractivity contribution < 1.29 is 4.42 Å². The molecule has 0 spiro atoms. The number of rotatable bonds is 5. The number of aromatic nitrogens is 2. The van der Waals surface area contributed by atoms with Crippen molar-refractivity contribution in [2.45, 2.75) is 13.0 Å². The summed E-state index contributed by atoms with van der Waals surface area (Å²) in [6, 6.07) is 8.45. The van der Waals surface area contributed by atoms with E-state index in [2.05, 4.69) is 31.4 Å². The molecule has 90 valence electrons. The third-order valence-corrected chi connectivity index (χ3v) is 2.85. The van der Waals surface area contributed by atoms with E-state index in [4.69, 9.17) is 16.0 Å². The summed E-state index contributed by atoms with van der Waals surface area (Å²) in [6.45, 7) is 0.649. The lowest BCUT2D eigenvalue weighted by atomic mass is 10.2. The van der Waals surface area contributed by atoms with Crippen molar-refractivity contribution in [3.8, 4) is 0 Å². The quantitative estimate of drug-likeness (QED) is 0.861. The Balaban J connectivity index is 1.90. The molecule has 6 heteroatoms. The fourth-order valence-electron chi connectivity index (χ4n) is 1.29. The van der Waals surface area contributed by atoms with Gasteiger partial charge in [-0.25, -0.2) is 0 Å². The maximum Gasteiger partial charge on any atom is 0.315 e. The minimum absolute atomic E-state index is 0.424. The average molecular weight is 317 g/mol. The van der Waals surface area contributed by atoms with Crippen molar-refractivity contribution in [2.75, 3.05) is 11.2 Å². The highest BCUT2D eigenvalue weighted by Crippen LogP contribution is 2.12. The van der Waals surface area contributed by atoms with Crippen LogP contribution < -0.4 is 5.32 Å². The highest BCUT2D eigenvalue weighted by molar-refractivity contribution is 9.10. The van der Waals surface area contributed by atoms with Gasteiger partial charge in [-0.2, -0.15) is 0 Å². The number of alkyl halides is 1. The van der Waals surface area contributed by atoms with E-state index in [9.17, 15) is 0 Å². The summed E-state index contributed by atoms with van der Waals surface area (Å²) in [4.78, 5) is 0. The van der Waals surface area contributed by atoms with Gasteiger partial charge in [0.1, 0.15) is 0 Å². The molecule has 0 atom stereocenters. The van der Waals surface area contributed by atoms with E-state index >= 15 is 0 Å². The Kier molecular flexibility index (Phi) is 4.39. The summed E-state index contributed by atoms with van der Waals surface area (Å²) in [5.41, 5.74) is 1.14. The van der Waals surface area contributed by atoms with Gasteiger partial charge in [-0.1, -0.05) is 33.2 Å². The Morgan fingerprint density at radius 2 is 2.00 bits per heavy atom. The average Bonchev–Trinajstić information content (AvgIpc) is 2.77. The van der Waals surface area contributed by atoms with Gasteiger partial charge in [-0.3, -0.25) is 0 Å². The van der Waals surface area contributed by atoms with E-state index in [1.54, 1.807) is 0 Å². The van der Waals surface area contributed by atoms with Crippen molar-refractivity contribution >= 4 is 33.5 Å². The second-order valence-corrected chi connectivity index (χ2v) is 4.71. The van der Waals surface area contributed by atoms with E-state index < -0.39 is 0 Å². The van der Waals surface area contributed by atoms with E-state index in [1.165, 1.54) is 0 Å². The van der Waals surface area contributed by atoms with Gasteiger partial charge in [-0.05, 0) is 17.7 Å². The lowest BCUT2D eigenvalue weighted by Gasteiger charge is -2.01. The Bertz CT molecular complexity index is 472. The highest BCUT2D eigenvalue weighted by atomic mass is 79.9. The molecule has 1 aromatic heterocycles. The van der Waals surface area contributed by atoms with E-state index in [1.807, 2.05) is 24.3 Å². The van der Waals surface area contributed by atoms with Gasteiger partial charge in [0, 0.05) is 23.3 Å². The SMILES string of the molecule is ClCCc1nnc(NCc2ccc(Br)cc2)o1. The summed E-state index contributed by atoms with van der Waals surface area (Å²) in [7, 11) is 0. The third-order valence-electron chi connectivity index (χ3n) is 2.13. The maximum atomic E-state index is 5.58. The normalized spacial score (nSPS) is 10.5. The number of nitrogens with one attached hydrogen (secondary N) is 1. The Morgan fingerprint density at radius 1 is 1.24 bits per heavy atom. The number of benzene rings is 1. The Hall–Kier alpha value is -1.07. The Morgan fingerprint density at radius 3 is 2.71 bits per heavy atom. The number of hydrogen-bond acceptors (Lipinski definition) is 4. The van der Waals surface area contributed by atoms with Crippen LogP contribution in [0, 0.1) is 0 Å². The topological polar surface area (TPSA) is 51.0 Å². The molecule has 1 aromatic carbocycles. The van der Waals surface area contributed by atoms with Crippen molar-refractivity contribution in [1.82, 2.24) is 10.2 Å². The van der Waals surface area contributed by atoms with Crippen LogP contribution in [0.2, 0.25) is 0 Å². The predicted molar refractivity (Wildman–Crippen MR) is 70.2 cm³/mol. The molecule has 0 unspecified atom stereocenters. The van der Waals surface area contributed by atoms with Crippen LogP contribution in [0.1, 0.15) is 11.5 Å². The van der Waals surface area contributed by atoms with Crippen LogP contribution in [0.4, 0.5) is 6.01 Å². The summed E-state index contributed by atoms with van der Waals surface area (Å²) >= 11 is 8.97. The van der Waals surface area contributed by atoms with Gasteiger partial charge in [-0.15, -0.1) is 16.7 Å². The van der Waals surface area contributed by atoms with Crippen molar-refractivity contribution in [2.24, 2.45) is 0 Å². The summed E-state index contributed by atoms with van der Waals surface area (Å²) < 4.78 is 6.40. The molecule has 4 nitrogen and oxygen atoms in total. The molecule has 0 amide bonds. The van der Waals surface area contributed by atoms with E-state index in [0.29, 0.717) is 30.8 Å². The minimum Gasteiger partial charge on any atom is -0.408 e. The fourth-order valence-corrected chi connectivity index (χ4v) is 1.71. The van der Waals surface area contributed by atoms with Gasteiger partial charge in [0.15, 0.2) is 0 Å². The molecule has 0 aliphatic carbocycles. The lowest BCUT2D eigenvalue weighted by molar-refractivity contribution is 0.512. The standard InChI is InChI=1S/C11H11BrClN3O/c12-9-3-1-8(2-4-9)7-14-11-16-15-10(17-11)5-6-13/h1-4H,5-7H2,(H,14,16). The van der Waals surface area contributed by atoms with E-state index in [-0.39, 0.29) is 0 Å². The van der Waals surface area contributed by atoms with Crippen LogP contribution in [0.25, 0.3) is 0 Å². The highest BCUT2D eigenvalue weighted by Gasteiger charge is 2.04. The van der Waals surface area contributed by atoms with Gasteiger partial charge in [0.2, 0.25) is 5.89 Å². The van der Waals surface area contributed by atoms with Crippen LogP contribution >= 0.6 is 27.5 Å². The van der Waals surface area contributed by atoms with Crippen molar-refractivity contribution in [3.63, 3.8) is 0 Å². The molecule has 0 bridgehead atoms. The van der Waals surface area contributed by atoms with Crippen LogP contribution in [0.3, 0.4) is 0 Å².